The molecule has 6 nitrogen and oxygen atoms in total. The van der Waals surface area contributed by atoms with Crippen LogP contribution in [-0.4, -0.2) is 51.1 Å². The van der Waals surface area contributed by atoms with Crippen molar-refractivity contribution in [3.63, 3.8) is 0 Å². The molecule has 0 amide bonds. The van der Waals surface area contributed by atoms with Gasteiger partial charge in [0.05, 0.1) is 6.04 Å². The van der Waals surface area contributed by atoms with Gasteiger partial charge in [-0.15, -0.1) is 0 Å². The molecule has 0 spiro atoms. The van der Waals surface area contributed by atoms with E-state index in [0.29, 0.717) is 11.7 Å². The molecule has 140 valence electrons. The number of rotatable bonds is 5. The summed E-state index contributed by atoms with van der Waals surface area (Å²) in [5.74, 6) is 1.35. The summed E-state index contributed by atoms with van der Waals surface area (Å²) in [6, 6.07) is 12.5. The summed E-state index contributed by atoms with van der Waals surface area (Å²) in [5, 5.41) is 4.17. The van der Waals surface area contributed by atoms with Crippen molar-refractivity contribution in [1.29, 1.82) is 0 Å². The van der Waals surface area contributed by atoms with Crippen molar-refractivity contribution in [2.45, 2.75) is 26.4 Å². The standard InChI is InChI=1S/C21H25N5O/c1-16-3-5-19(6-4-16)20-23-21(27-24-20)17(2)26-13-11-25(12-14-26)15-18-7-9-22-10-8-18/h3-10,17H,11-15H2,1-2H3. The predicted octanol–water partition coefficient (Wildman–Crippen LogP) is 3.32. The first-order valence-electron chi connectivity index (χ1n) is 9.45. The van der Waals surface area contributed by atoms with Crippen molar-refractivity contribution in [2.24, 2.45) is 0 Å². The van der Waals surface area contributed by atoms with E-state index in [1.54, 1.807) is 0 Å². The zero-order valence-electron chi connectivity index (χ0n) is 15.9. The molecule has 4 rings (SSSR count). The van der Waals surface area contributed by atoms with E-state index >= 15 is 0 Å². The molecule has 1 aromatic carbocycles. The molecular formula is C21H25N5O. The van der Waals surface area contributed by atoms with Crippen LogP contribution in [0.5, 0.6) is 0 Å². The van der Waals surface area contributed by atoms with Crippen LogP contribution in [0.1, 0.15) is 30.0 Å². The number of piperazine rings is 1. The van der Waals surface area contributed by atoms with Gasteiger partial charge in [0.2, 0.25) is 11.7 Å². The number of hydrogen-bond acceptors (Lipinski definition) is 6. The molecular weight excluding hydrogens is 338 g/mol. The van der Waals surface area contributed by atoms with Gasteiger partial charge in [0.15, 0.2) is 0 Å². The molecule has 1 atom stereocenters. The van der Waals surface area contributed by atoms with E-state index in [1.165, 1.54) is 11.1 Å². The van der Waals surface area contributed by atoms with Crippen LogP contribution < -0.4 is 0 Å². The lowest BCUT2D eigenvalue weighted by molar-refractivity contribution is 0.0845. The van der Waals surface area contributed by atoms with Crippen molar-refractivity contribution >= 4 is 0 Å². The molecule has 1 saturated heterocycles. The summed E-state index contributed by atoms with van der Waals surface area (Å²) in [5.41, 5.74) is 3.52. The van der Waals surface area contributed by atoms with Gasteiger partial charge in [-0.05, 0) is 31.5 Å². The Balaban J connectivity index is 1.35. The number of benzene rings is 1. The van der Waals surface area contributed by atoms with Crippen LogP contribution in [0.15, 0.2) is 53.3 Å². The monoisotopic (exact) mass is 363 g/mol. The first kappa shape index (κ1) is 17.8. The zero-order chi connectivity index (χ0) is 18.6. The molecule has 27 heavy (non-hydrogen) atoms. The average Bonchev–Trinajstić information content (AvgIpc) is 3.20. The van der Waals surface area contributed by atoms with Gasteiger partial charge in [0.1, 0.15) is 0 Å². The molecule has 3 heterocycles. The molecule has 0 saturated carbocycles. The summed E-state index contributed by atoms with van der Waals surface area (Å²) in [7, 11) is 0. The summed E-state index contributed by atoms with van der Waals surface area (Å²) >= 11 is 0. The predicted molar refractivity (Wildman–Crippen MR) is 104 cm³/mol. The first-order chi connectivity index (χ1) is 13.2. The number of hydrogen-bond donors (Lipinski definition) is 0. The van der Waals surface area contributed by atoms with E-state index < -0.39 is 0 Å². The Hall–Kier alpha value is -2.57. The molecule has 1 aliphatic heterocycles. The first-order valence-corrected chi connectivity index (χ1v) is 9.45. The lowest BCUT2D eigenvalue weighted by Gasteiger charge is -2.36. The Bertz CT molecular complexity index is 854. The van der Waals surface area contributed by atoms with E-state index in [1.807, 2.05) is 24.5 Å². The molecule has 1 fully saturated rings. The van der Waals surface area contributed by atoms with Gasteiger partial charge in [-0.3, -0.25) is 14.8 Å². The van der Waals surface area contributed by atoms with Crippen LogP contribution in [0, 0.1) is 6.92 Å². The quantitative estimate of drug-likeness (QED) is 0.693. The molecule has 0 bridgehead atoms. The van der Waals surface area contributed by atoms with Crippen molar-refractivity contribution < 1.29 is 4.52 Å². The minimum absolute atomic E-state index is 0.125. The SMILES string of the molecule is Cc1ccc(-c2noc(C(C)N3CCN(Cc4ccncc4)CC3)n2)cc1. The Labute approximate surface area is 159 Å². The van der Waals surface area contributed by atoms with Gasteiger partial charge in [0, 0.05) is 50.7 Å². The maximum absolute atomic E-state index is 5.56. The fourth-order valence-corrected chi connectivity index (χ4v) is 3.44. The number of aryl methyl sites for hydroxylation is 1. The van der Waals surface area contributed by atoms with Gasteiger partial charge >= 0.3 is 0 Å². The van der Waals surface area contributed by atoms with Crippen LogP contribution in [0.3, 0.4) is 0 Å². The smallest absolute Gasteiger partial charge is 0.244 e. The van der Waals surface area contributed by atoms with Gasteiger partial charge in [-0.25, -0.2) is 0 Å². The van der Waals surface area contributed by atoms with Gasteiger partial charge < -0.3 is 4.52 Å². The second-order valence-electron chi connectivity index (χ2n) is 7.17. The molecule has 0 N–H and O–H groups in total. The van der Waals surface area contributed by atoms with Crippen molar-refractivity contribution in [3.05, 3.63) is 65.8 Å². The van der Waals surface area contributed by atoms with E-state index in [0.717, 1.165) is 38.3 Å². The second kappa shape index (κ2) is 7.98. The van der Waals surface area contributed by atoms with Gasteiger partial charge in [0.25, 0.3) is 0 Å². The topological polar surface area (TPSA) is 58.3 Å². The molecule has 0 radical (unpaired) electrons. The van der Waals surface area contributed by atoms with Crippen molar-refractivity contribution in [3.8, 4) is 11.4 Å². The van der Waals surface area contributed by atoms with E-state index in [2.05, 4.69) is 63.0 Å². The van der Waals surface area contributed by atoms with Crippen LogP contribution in [0.4, 0.5) is 0 Å². The van der Waals surface area contributed by atoms with Crippen molar-refractivity contribution in [2.75, 3.05) is 26.2 Å². The minimum Gasteiger partial charge on any atom is -0.337 e. The lowest BCUT2D eigenvalue weighted by atomic mass is 10.1. The van der Waals surface area contributed by atoms with Crippen LogP contribution in [-0.2, 0) is 6.54 Å². The maximum Gasteiger partial charge on any atom is 0.244 e. The highest BCUT2D eigenvalue weighted by Crippen LogP contribution is 2.24. The fraction of sp³-hybridized carbons (Fsp3) is 0.381. The van der Waals surface area contributed by atoms with Crippen LogP contribution in [0.25, 0.3) is 11.4 Å². The highest BCUT2D eigenvalue weighted by Gasteiger charge is 2.26. The molecule has 2 aromatic heterocycles. The number of pyridine rings is 1. The van der Waals surface area contributed by atoms with Crippen LogP contribution >= 0.6 is 0 Å². The highest BCUT2D eigenvalue weighted by molar-refractivity contribution is 5.54. The Kier molecular flexibility index (Phi) is 5.27. The van der Waals surface area contributed by atoms with Crippen molar-refractivity contribution in [1.82, 2.24) is 24.9 Å². The Morgan fingerprint density at radius 1 is 1.00 bits per heavy atom. The second-order valence-corrected chi connectivity index (χ2v) is 7.17. The summed E-state index contributed by atoms with van der Waals surface area (Å²) in [6.07, 6.45) is 3.71. The fourth-order valence-electron chi connectivity index (χ4n) is 3.44. The zero-order valence-corrected chi connectivity index (χ0v) is 15.9. The third kappa shape index (κ3) is 4.23. The van der Waals surface area contributed by atoms with E-state index in [9.17, 15) is 0 Å². The summed E-state index contributed by atoms with van der Waals surface area (Å²) < 4.78 is 5.56. The minimum atomic E-state index is 0.125. The molecule has 1 aliphatic rings. The lowest BCUT2D eigenvalue weighted by Crippen LogP contribution is -2.46. The summed E-state index contributed by atoms with van der Waals surface area (Å²) in [4.78, 5) is 13.6. The summed E-state index contributed by atoms with van der Waals surface area (Å²) in [6.45, 7) is 9.25. The maximum atomic E-state index is 5.56. The highest BCUT2D eigenvalue weighted by atomic mass is 16.5. The largest absolute Gasteiger partial charge is 0.337 e. The Morgan fingerprint density at radius 2 is 1.70 bits per heavy atom. The molecule has 1 unspecified atom stereocenters. The van der Waals surface area contributed by atoms with Gasteiger partial charge in [-0.2, -0.15) is 4.98 Å². The molecule has 6 heteroatoms. The third-order valence-electron chi connectivity index (χ3n) is 5.22. The normalized spacial score (nSPS) is 17.1. The third-order valence-corrected chi connectivity index (χ3v) is 5.22. The number of nitrogens with zero attached hydrogens (tertiary/aromatic N) is 5. The average molecular weight is 363 g/mol. The molecule has 0 aliphatic carbocycles. The van der Waals surface area contributed by atoms with E-state index in [4.69, 9.17) is 4.52 Å². The number of aromatic nitrogens is 3. The van der Waals surface area contributed by atoms with Crippen LogP contribution in [0.2, 0.25) is 0 Å². The van der Waals surface area contributed by atoms with Gasteiger partial charge in [-0.1, -0.05) is 35.0 Å². The molecule has 3 aromatic rings. The Morgan fingerprint density at radius 3 is 2.41 bits per heavy atom. The van der Waals surface area contributed by atoms with E-state index in [-0.39, 0.29) is 6.04 Å².